The molecule has 0 aliphatic carbocycles. The van der Waals surface area contributed by atoms with Crippen LogP contribution in [-0.2, 0) is 0 Å². The maximum absolute atomic E-state index is 5.69. The zero-order valence-corrected chi connectivity index (χ0v) is 10.3. The van der Waals surface area contributed by atoms with Gasteiger partial charge in [0.15, 0.2) is 5.65 Å². The van der Waals surface area contributed by atoms with Gasteiger partial charge in [0.25, 0.3) is 0 Å². The first-order chi connectivity index (χ1) is 8.25. The van der Waals surface area contributed by atoms with Gasteiger partial charge in [-0.15, -0.1) is 0 Å². The molecule has 0 radical (unpaired) electrons. The lowest BCUT2D eigenvalue weighted by atomic mass is 10.1. The molecule has 6 heteroatoms. The third-order valence-corrected chi connectivity index (χ3v) is 3.15. The number of benzene rings is 1. The monoisotopic (exact) mass is 289 g/mol. The van der Waals surface area contributed by atoms with Crippen molar-refractivity contribution in [3.05, 3.63) is 34.9 Å². The standard InChI is InChI=1S/C11H8BrN5/c12-8-4-2-1-3-6(8)9-7-5-14-17-10(7)16-11(13)15-9/h1-5H,(H3,13,14,15,16,17). The summed E-state index contributed by atoms with van der Waals surface area (Å²) in [4.78, 5) is 8.37. The molecule has 3 rings (SSSR count). The Morgan fingerprint density at radius 3 is 2.82 bits per heavy atom. The highest BCUT2D eigenvalue weighted by Crippen LogP contribution is 2.31. The lowest BCUT2D eigenvalue weighted by Gasteiger charge is -2.05. The van der Waals surface area contributed by atoms with E-state index in [2.05, 4.69) is 36.1 Å². The molecule has 17 heavy (non-hydrogen) atoms. The Balaban J connectivity index is 2.37. The summed E-state index contributed by atoms with van der Waals surface area (Å²) in [6, 6.07) is 7.83. The molecule has 0 atom stereocenters. The van der Waals surface area contributed by atoms with Crippen LogP contribution in [0.2, 0.25) is 0 Å². The predicted molar refractivity (Wildman–Crippen MR) is 69.2 cm³/mol. The van der Waals surface area contributed by atoms with E-state index in [9.17, 15) is 0 Å². The molecule has 5 nitrogen and oxygen atoms in total. The van der Waals surface area contributed by atoms with Gasteiger partial charge in [-0.1, -0.05) is 34.1 Å². The van der Waals surface area contributed by atoms with Crippen molar-refractivity contribution in [2.75, 3.05) is 5.73 Å². The zero-order chi connectivity index (χ0) is 11.8. The van der Waals surface area contributed by atoms with Crippen LogP contribution in [0.3, 0.4) is 0 Å². The molecular formula is C11H8BrN5. The van der Waals surface area contributed by atoms with Gasteiger partial charge in [-0.25, -0.2) is 4.98 Å². The van der Waals surface area contributed by atoms with Gasteiger partial charge in [0.05, 0.1) is 17.3 Å². The van der Waals surface area contributed by atoms with Crippen LogP contribution in [0.1, 0.15) is 0 Å². The second-order valence-corrected chi connectivity index (χ2v) is 4.40. The molecule has 0 aliphatic rings. The van der Waals surface area contributed by atoms with Crippen LogP contribution in [0, 0.1) is 0 Å². The van der Waals surface area contributed by atoms with Crippen molar-refractivity contribution in [2.45, 2.75) is 0 Å². The molecule has 0 spiro atoms. The molecule has 0 bridgehead atoms. The zero-order valence-electron chi connectivity index (χ0n) is 8.68. The van der Waals surface area contributed by atoms with Crippen LogP contribution < -0.4 is 5.73 Å². The Labute approximate surface area is 105 Å². The molecule has 0 aliphatic heterocycles. The molecule has 0 saturated heterocycles. The van der Waals surface area contributed by atoms with Crippen molar-refractivity contribution >= 4 is 32.9 Å². The van der Waals surface area contributed by atoms with Gasteiger partial charge in [-0.3, -0.25) is 5.10 Å². The summed E-state index contributed by atoms with van der Waals surface area (Å²) in [7, 11) is 0. The molecule has 3 N–H and O–H groups in total. The smallest absolute Gasteiger partial charge is 0.222 e. The summed E-state index contributed by atoms with van der Waals surface area (Å²) in [6.45, 7) is 0. The van der Waals surface area contributed by atoms with E-state index in [4.69, 9.17) is 5.73 Å². The van der Waals surface area contributed by atoms with Gasteiger partial charge in [0.2, 0.25) is 5.95 Å². The number of nitrogen functional groups attached to an aromatic ring is 1. The van der Waals surface area contributed by atoms with E-state index in [1.165, 1.54) is 0 Å². The number of hydrogen-bond acceptors (Lipinski definition) is 4. The van der Waals surface area contributed by atoms with Gasteiger partial charge in [-0.05, 0) is 6.07 Å². The first-order valence-electron chi connectivity index (χ1n) is 4.97. The van der Waals surface area contributed by atoms with Crippen LogP contribution in [0.15, 0.2) is 34.9 Å². The average Bonchev–Trinajstić information content (AvgIpc) is 2.76. The molecule has 84 valence electrons. The van der Waals surface area contributed by atoms with E-state index >= 15 is 0 Å². The highest BCUT2D eigenvalue weighted by atomic mass is 79.9. The largest absolute Gasteiger partial charge is 0.368 e. The normalized spacial score (nSPS) is 10.9. The summed E-state index contributed by atoms with van der Waals surface area (Å²) >= 11 is 3.50. The van der Waals surface area contributed by atoms with Crippen LogP contribution in [0.5, 0.6) is 0 Å². The number of anilines is 1. The Bertz CT molecular complexity index is 691. The SMILES string of the molecule is Nc1nc(-c2ccccc2Br)c2cn[nH]c2n1. The molecule has 3 aromatic rings. The first kappa shape index (κ1) is 10.2. The number of fused-ring (bicyclic) bond motifs is 1. The minimum atomic E-state index is 0.229. The fourth-order valence-corrected chi connectivity index (χ4v) is 2.18. The van der Waals surface area contributed by atoms with Gasteiger partial charge in [-0.2, -0.15) is 10.1 Å². The van der Waals surface area contributed by atoms with Crippen molar-refractivity contribution in [1.82, 2.24) is 20.2 Å². The Kier molecular flexibility index (Phi) is 2.29. The van der Waals surface area contributed by atoms with Gasteiger partial charge in [0, 0.05) is 10.0 Å². The highest BCUT2D eigenvalue weighted by molar-refractivity contribution is 9.10. The maximum Gasteiger partial charge on any atom is 0.222 e. The van der Waals surface area contributed by atoms with Crippen molar-refractivity contribution in [3.8, 4) is 11.3 Å². The summed E-state index contributed by atoms with van der Waals surface area (Å²) < 4.78 is 0.959. The van der Waals surface area contributed by atoms with Gasteiger partial charge < -0.3 is 5.73 Å². The summed E-state index contributed by atoms with van der Waals surface area (Å²) in [6.07, 6.45) is 1.70. The Morgan fingerprint density at radius 1 is 1.18 bits per heavy atom. The van der Waals surface area contributed by atoms with Crippen molar-refractivity contribution < 1.29 is 0 Å². The predicted octanol–water partition coefficient (Wildman–Crippen LogP) is 2.36. The minimum Gasteiger partial charge on any atom is -0.368 e. The second kappa shape index (κ2) is 3.81. The van der Waals surface area contributed by atoms with Crippen LogP contribution in [0.4, 0.5) is 5.95 Å². The fraction of sp³-hybridized carbons (Fsp3) is 0. The third-order valence-electron chi connectivity index (χ3n) is 2.46. The number of H-pyrrole nitrogens is 1. The first-order valence-corrected chi connectivity index (χ1v) is 5.76. The van der Waals surface area contributed by atoms with E-state index < -0.39 is 0 Å². The van der Waals surface area contributed by atoms with E-state index in [0.29, 0.717) is 5.65 Å². The molecule has 0 unspecified atom stereocenters. The number of halogens is 1. The maximum atomic E-state index is 5.69. The number of aromatic amines is 1. The number of hydrogen-bond donors (Lipinski definition) is 2. The summed E-state index contributed by atoms with van der Waals surface area (Å²) in [5.74, 6) is 0.229. The Hall–Kier alpha value is -1.95. The average molecular weight is 290 g/mol. The summed E-state index contributed by atoms with van der Waals surface area (Å²) in [5, 5.41) is 7.61. The highest BCUT2D eigenvalue weighted by Gasteiger charge is 2.11. The molecule has 2 aromatic heterocycles. The lowest BCUT2D eigenvalue weighted by Crippen LogP contribution is -1.97. The number of aromatic nitrogens is 4. The second-order valence-electron chi connectivity index (χ2n) is 3.54. The van der Waals surface area contributed by atoms with Gasteiger partial charge in [0.1, 0.15) is 0 Å². The van der Waals surface area contributed by atoms with E-state index in [1.807, 2.05) is 24.3 Å². The Morgan fingerprint density at radius 2 is 2.00 bits per heavy atom. The quantitative estimate of drug-likeness (QED) is 0.721. The molecule has 0 fully saturated rings. The molecular weight excluding hydrogens is 282 g/mol. The van der Waals surface area contributed by atoms with Crippen molar-refractivity contribution in [3.63, 3.8) is 0 Å². The molecule has 0 amide bonds. The van der Waals surface area contributed by atoms with E-state index in [-0.39, 0.29) is 5.95 Å². The number of nitrogens with one attached hydrogen (secondary N) is 1. The lowest BCUT2D eigenvalue weighted by molar-refractivity contribution is 1.09. The van der Waals surface area contributed by atoms with E-state index in [1.54, 1.807) is 6.20 Å². The fourth-order valence-electron chi connectivity index (χ4n) is 1.71. The van der Waals surface area contributed by atoms with Gasteiger partial charge >= 0.3 is 0 Å². The molecule has 2 heterocycles. The molecule has 1 aromatic carbocycles. The topological polar surface area (TPSA) is 80.5 Å². The van der Waals surface area contributed by atoms with Crippen molar-refractivity contribution in [2.24, 2.45) is 0 Å². The van der Waals surface area contributed by atoms with Crippen LogP contribution in [0.25, 0.3) is 22.3 Å². The summed E-state index contributed by atoms with van der Waals surface area (Å²) in [5.41, 5.74) is 8.07. The van der Waals surface area contributed by atoms with E-state index in [0.717, 1.165) is 21.1 Å². The minimum absolute atomic E-state index is 0.229. The molecule has 0 saturated carbocycles. The van der Waals surface area contributed by atoms with Crippen LogP contribution >= 0.6 is 15.9 Å². The van der Waals surface area contributed by atoms with Crippen molar-refractivity contribution in [1.29, 1.82) is 0 Å². The number of nitrogens with zero attached hydrogens (tertiary/aromatic N) is 3. The number of nitrogens with two attached hydrogens (primary N) is 1. The number of rotatable bonds is 1. The third kappa shape index (κ3) is 1.66. The van der Waals surface area contributed by atoms with Crippen LogP contribution in [-0.4, -0.2) is 20.2 Å².